The first-order valence-electron chi connectivity index (χ1n) is 14.1. The predicted octanol–water partition coefficient (Wildman–Crippen LogP) is 5.77. The summed E-state index contributed by atoms with van der Waals surface area (Å²) < 4.78 is 25.0. The van der Waals surface area contributed by atoms with E-state index in [4.69, 9.17) is 18.9 Å². The molecule has 0 spiro atoms. The van der Waals surface area contributed by atoms with Gasteiger partial charge >= 0.3 is 0 Å². The van der Waals surface area contributed by atoms with E-state index in [1.54, 1.807) is 0 Å². The fourth-order valence-electron chi connectivity index (χ4n) is 6.28. The van der Waals surface area contributed by atoms with E-state index in [1.165, 1.54) is 12.0 Å². The van der Waals surface area contributed by atoms with Gasteiger partial charge in [-0.2, -0.15) is 0 Å². The summed E-state index contributed by atoms with van der Waals surface area (Å²) in [7, 11) is 0. The number of aliphatic hydroxyl groups excluding tert-OH is 1. The van der Waals surface area contributed by atoms with E-state index in [0.29, 0.717) is 23.7 Å². The van der Waals surface area contributed by atoms with Gasteiger partial charge in [0.25, 0.3) is 0 Å². The van der Waals surface area contributed by atoms with Crippen LogP contribution in [0.4, 0.5) is 0 Å². The van der Waals surface area contributed by atoms with E-state index in [2.05, 4.69) is 37.8 Å². The van der Waals surface area contributed by atoms with Gasteiger partial charge in [-0.25, -0.2) is 0 Å². The second-order valence-electron chi connectivity index (χ2n) is 10.8. The van der Waals surface area contributed by atoms with Gasteiger partial charge in [-0.05, 0) is 75.5 Å². The summed E-state index contributed by atoms with van der Waals surface area (Å²) in [4.78, 5) is 0. The molecule has 2 saturated heterocycles. The summed E-state index contributed by atoms with van der Waals surface area (Å²) in [5.74, 6) is 8.34. The molecule has 2 saturated carbocycles. The standard InChI is InChI=1S/C30H46O5/c1-3-4-5-10-22(2)27(34-29-11-6-8-17-32-29)14-13-25-26-20-23(15-16-31)19-24(26)21-28(25)35-30-12-7-9-18-33-30/h13-15,22,24-31H,3,6-12,16-21H2,1-2H3/b14-13+,23-15?/t22-,24-,25+,26-,27+,28+,29?,30?/m0/s1. The molecule has 8 atom stereocenters. The van der Waals surface area contributed by atoms with Crippen LogP contribution in [0, 0.1) is 35.5 Å². The lowest BCUT2D eigenvalue weighted by Gasteiger charge is -2.31. The molecule has 0 radical (unpaired) electrons. The van der Waals surface area contributed by atoms with Gasteiger partial charge in [0.05, 0.1) is 18.8 Å². The number of fused-ring (bicyclic) bond motifs is 1. The Morgan fingerprint density at radius 2 is 1.83 bits per heavy atom. The fraction of sp³-hybridized carbons (Fsp3) is 0.800. The minimum Gasteiger partial charge on any atom is -0.392 e. The molecule has 2 aliphatic heterocycles. The summed E-state index contributed by atoms with van der Waals surface area (Å²) in [6, 6.07) is 0. The second-order valence-corrected chi connectivity index (χ2v) is 10.8. The normalized spacial score (nSPS) is 36.1. The first kappa shape index (κ1) is 26.9. The van der Waals surface area contributed by atoms with Crippen LogP contribution in [0.2, 0.25) is 0 Å². The summed E-state index contributed by atoms with van der Waals surface area (Å²) in [6.45, 7) is 6.06. The highest BCUT2D eigenvalue weighted by Crippen LogP contribution is 2.51. The molecule has 0 amide bonds. The Kier molecular flexibility index (Phi) is 10.7. The Bertz CT molecular complexity index is 752. The molecule has 2 aliphatic carbocycles. The number of ether oxygens (including phenoxy) is 4. The van der Waals surface area contributed by atoms with Crippen molar-refractivity contribution in [2.45, 2.75) is 109 Å². The zero-order valence-electron chi connectivity index (χ0n) is 21.8. The average Bonchev–Trinajstić information content (AvgIpc) is 3.40. The summed E-state index contributed by atoms with van der Waals surface area (Å²) in [5.41, 5.74) is 1.40. The van der Waals surface area contributed by atoms with Crippen LogP contribution in [-0.2, 0) is 18.9 Å². The molecule has 2 unspecified atom stereocenters. The molecule has 196 valence electrons. The maximum Gasteiger partial charge on any atom is 0.158 e. The van der Waals surface area contributed by atoms with Crippen LogP contribution in [0.15, 0.2) is 23.8 Å². The molecule has 35 heavy (non-hydrogen) atoms. The Labute approximate surface area is 212 Å². The molecular weight excluding hydrogens is 440 g/mol. The molecule has 0 bridgehead atoms. The lowest BCUT2D eigenvalue weighted by molar-refractivity contribution is -0.193. The van der Waals surface area contributed by atoms with Gasteiger partial charge in [0.15, 0.2) is 12.6 Å². The second kappa shape index (κ2) is 14.0. The molecule has 0 aromatic carbocycles. The molecule has 2 heterocycles. The molecule has 1 N–H and O–H groups in total. The van der Waals surface area contributed by atoms with Crippen LogP contribution < -0.4 is 0 Å². The summed E-state index contributed by atoms with van der Waals surface area (Å²) in [5, 5.41) is 9.43. The lowest BCUT2D eigenvalue weighted by Crippen LogP contribution is -2.32. The van der Waals surface area contributed by atoms with Gasteiger partial charge < -0.3 is 24.1 Å². The zero-order valence-corrected chi connectivity index (χ0v) is 21.8. The van der Waals surface area contributed by atoms with E-state index < -0.39 is 0 Å². The fourth-order valence-corrected chi connectivity index (χ4v) is 6.28. The lowest BCUT2D eigenvalue weighted by atomic mass is 9.89. The van der Waals surface area contributed by atoms with Crippen molar-refractivity contribution in [1.29, 1.82) is 0 Å². The van der Waals surface area contributed by atoms with Gasteiger partial charge in [-0.1, -0.05) is 37.6 Å². The average molecular weight is 487 g/mol. The minimum absolute atomic E-state index is 0.0243. The van der Waals surface area contributed by atoms with Crippen LogP contribution in [0.3, 0.4) is 0 Å². The monoisotopic (exact) mass is 486 g/mol. The third-order valence-corrected chi connectivity index (χ3v) is 8.19. The molecule has 5 heteroatoms. The number of allylic oxidation sites excluding steroid dienone is 1. The largest absolute Gasteiger partial charge is 0.392 e. The third-order valence-electron chi connectivity index (χ3n) is 8.19. The first-order valence-corrected chi connectivity index (χ1v) is 14.1. The van der Waals surface area contributed by atoms with E-state index in [1.807, 2.05) is 6.08 Å². The Hall–Kier alpha value is -1.16. The van der Waals surface area contributed by atoms with Crippen molar-refractivity contribution in [3.05, 3.63) is 23.8 Å². The van der Waals surface area contributed by atoms with Crippen molar-refractivity contribution < 1.29 is 24.1 Å². The van der Waals surface area contributed by atoms with Gasteiger partial charge in [0.2, 0.25) is 0 Å². The van der Waals surface area contributed by atoms with Crippen molar-refractivity contribution in [2.24, 2.45) is 23.7 Å². The van der Waals surface area contributed by atoms with Crippen molar-refractivity contribution in [3.63, 3.8) is 0 Å². The van der Waals surface area contributed by atoms with Crippen LogP contribution in [0.25, 0.3) is 0 Å². The zero-order chi connectivity index (χ0) is 24.5. The van der Waals surface area contributed by atoms with Gasteiger partial charge in [-0.3, -0.25) is 0 Å². The Balaban J connectivity index is 1.49. The van der Waals surface area contributed by atoms with Crippen molar-refractivity contribution in [1.82, 2.24) is 0 Å². The van der Waals surface area contributed by atoms with E-state index in [9.17, 15) is 5.11 Å². The minimum atomic E-state index is -0.121. The van der Waals surface area contributed by atoms with Gasteiger partial charge in [0.1, 0.15) is 0 Å². The van der Waals surface area contributed by atoms with Crippen molar-refractivity contribution in [3.8, 4) is 11.8 Å². The number of rotatable bonds is 9. The SMILES string of the molecule is CCC#CC[C@H](C)[C@@H](/C=C/[C@@H]1[C@H]2CC(=CCO)C[C@H]2C[C@H]1OC1CCCCO1)OC1CCCCO1. The van der Waals surface area contributed by atoms with E-state index in [0.717, 1.165) is 77.4 Å². The molecule has 4 rings (SSSR count). The first-order chi connectivity index (χ1) is 17.2. The van der Waals surface area contributed by atoms with Crippen molar-refractivity contribution in [2.75, 3.05) is 19.8 Å². The quantitative estimate of drug-likeness (QED) is 0.331. The molecule has 0 aromatic heterocycles. The van der Waals surface area contributed by atoms with Crippen LogP contribution >= 0.6 is 0 Å². The third kappa shape index (κ3) is 7.66. The highest BCUT2D eigenvalue weighted by molar-refractivity contribution is 5.18. The highest BCUT2D eigenvalue weighted by Gasteiger charge is 2.47. The smallest absolute Gasteiger partial charge is 0.158 e. The van der Waals surface area contributed by atoms with Crippen LogP contribution in [0.1, 0.15) is 84.5 Å². The number of hydrogen-bond donors (Lipinski definition) is 1. The van der Waals surface area contributed by atoms with Crippen LogP contribution in [-0.4, -0.2) is 49.7 Å². The van der Waals surface area contributed by atoms with E-state index in [-0.39, 0.29) is 31.4 Å². The Morgan fingerprint density at radius 3 is 2.51 bits per heavy atom. The molecular formula is C30H46O5. The van der Waals surface area contributed by atoms with E-state index >= 15 is 0 Å². The summed E-state index contributed by atoms with van der Waals surface area (Å²) >= 11 is 0. The molecule has 0 aromatic rings. The van der Waals surface area contributed by atoms with Gasteiger partial charge in [-0.15, -0.1) is 11.8 Å². The topological polar surface area (TPSA) is 57.2 Å². The molecule has 4 aliphatic rings. The van der Waals surface area contributed by atoms with Crippen molar-refractivity contribution >= 4 is 0 Å². The highest BCUT2D eigenvalue weighted by atomic mass is 16.7. The van der Waals surface area contributed by atoms with Crippen LogP contribution in [0.5, 0.6) is 0 Å². The Morgan fingerprint density at radius 1 is 1.06 bits per heavy atom. The maximum atomic E-state index is 9.43. The number of hydrogen-bond acceptors (Lipinski definition) is 5. The van der Waals surface area contributed by atoms with Gasteiger partial charge in [0, 0.05) is 32.0 Å². The molecule has 5 nitrogen and oxygen atoms in total. The molecule has 4 fully saturated rings. The summed E-state index contributed by atoms with van der Waals surface area (Å²) in [6.07, 6.45) is 18.1. The predicted molar refractivity (Wildman–Crippen MR) is 137 cm³/mol. The maximum absolute atomic E-state index is 9.43. The number of aliphatic hydroxyl groups is 1.